The van der Waals surface area contributed by atoms with Crippen molar-refractivity contribution in [2.24, 2.45) is 15.9 Å². The molecule has 1 saturated heterocycles. The third-order valence-electron chi connectivity index (χ3n) is 6.94. The fraction of sp³-hybridized carbons (Fsp3) is 0.500. The average Bonchev–Trinajstić information content (AvgIpc) is 2.86. The number of carbonyl (C=O) groups excluding carboxylic acids is 2. The molecule has 9 heteroatoms. The van der Waals surface area contributed by atoms with E-state index in [1.54, 1.807) is 18.0 Å². The van der Waals surface area contributed by atoms with E-state index in [1.165, 1.54) is 17.0 Å². The minimum absolute atomic E-state index is 0.0685. The largest absolute Gasteiger partial charge is 0.464 e. The van der Waals surface area contributed by atoms with Crippen LogP contribution < -0.4 is 4.90 Å². The standard InChI is InChI=1S/C26H33FN5O3/c1-5-19-21(16-18-15-17-9-8-10-20(27)23(17)30(4)25(18)34)28-26(35-7-3)29-24(19)32-13-11-31(12-14-32)22(33)6-2/h6,8-10,18,21H,2,5,7,11-16H2,1,3-4H3/t18-,21?/m0/s1. The topological polar surface area (TPSA) is 77.8 Å². The number of amides is 2. The molecule has 0 saturated carbocycles. The summed E-state index contributed by atoms with van der Waals surface area (Å²) in [7, 11) is 1.63. The minimum atomic E-state index is -0.379. The smallest absolute Gasteiger partial charge is 0.313 e. The molecule has 1 aromatic rings. The normalized spacial score (nSPS) is 23.0. The maximum atomic E-state index is 14.4. The maximum Gasteiger partial charge on any atom is 0.313 e. The molecule has 2 atom stereocenters. The number of benzene rings is 1. The van der Waals surface area contributed by atoms with Crippen LogP contribution in [0.4, 0.5) is 10.1 Å². The van der Waals surface area contributed by atoms with Crippen LogP contribution in [0.5, 0.6) is 0 Å². The van der Waals surface area contributed by atoms with Gasteiger partial charge in [0.2, 0.25) is 11.8 Å². The molecule has 3 aliphatic heterocycles. The van der Waals surface area contributed by atoms with E-state index in [4.69, 9.17) is 14.7 Å². The zero-order valence-electron chi connectivity index (χ0n) is 20.7. The Hall–Kier alpha value is -3.23. The molecule has 2 amide bonds. The molecule has 0 aromatic heterocycles. The first-order valence-electron chi connectivity index (χ1n) is 12.2. The summed E-state index contributed by atoms with van der Waals surface area (Å²) in [6.45, 7) is 10.4. The Morgan fingerprint density at radius 2 is 2.00 bits per heavy atom. The van der Waals surface area contributed by atoms with E-state index in [0.29, 0.717) is 57.3 Å². The number of ether oxygens (including phenoxy) is 1. The molecule has 0 spiro atoms. The number of piperazine rings is 1. The van der Waals surface area contributed by atoms with Gasteiger partial charge in [-0.3, -0.25) is 9.59 Å². The van der Waals surface area contributed by atoms with E-state index in [-0.39, 0.29) is 29.6 Å². The lowest BCUT2D eigenvalue weighted by atomic mass is 9.82. The number of hydrogen-bond acceptors (Lipinski definition) is 6. The highest BCUT2D eigenvalue weighted by atomic mass is 19.1. The van der Waals surface area contributed by atoms with E-state index >= 15 is 0 Å². The van der Waals surface area contributed by atoms with E-state index in [2.05, 4.69) is 18.4 Å². The number of nitrogens with zero attached hydrogens (tertiary/aromatic N) is 5. The maximum absolute atomic E-state index is 14.4. The molecule has 0 bridgehead atoms. The molecule has 1 radical (unpaired) electrons. The van der Waals surface area contributed by atoms with Crippen molar-refractivity contribution < 1.29 is 18.7 Å². The number of halogens is 1. The molecule has 1 unspecified atom stereocenters. The van der Waals surface area contributed by atoms with Crippen LogP contribution in [0, 0.1) is 17.7 Å². The molecular formula is C26H33FN5O3. The lowest BCUT2D eigenvalue weighted by Gasteiger charge is -2.41. The fourth-order valence-electron chi connectivity index (χ4n) is 5.17. The summed E-state index contributed by atoms with van der Waals surface area (Å²) in [6, 6.07) is 5.01. The summed E-state index contributed by atoms with van der Waals surface area (Å²) < 4.78 is 20.1. The Morgan fingerprint density at radius 3 is 2.66 bits per heavy atom. The first-order chi connectivity index (χ1) is 16.9. The predicted molar refractivity (Wildman–Crippen MR) is 134 cm³/mol. The molecule has 3 heterocycles. The lowest BCUT2D eigenvalue weighted by molar-refractivity contribution is -0.127. The van der Waals surface area contributed by atoms with Gasteiger partial charge in [0.15, 0.2) is 0 Å². The summed E-state index contributed by atoms with van der Waals surface area (Å²) in [5.74, 6) is 0.999. The average molecular weight is 483 g/mol. The van der Waals surface area contributed by atoms with Gasteiger partial charge in [0.05, 0.1) is 24.3 Å². The van der Waals surface area contributed by atoms with Gasteiger partial charge in [0.1, 0.15) is 11.7 Å². The van der Waals surface area contributed by atoms with Crippen molar-refractivity contribution >= 4 is 29.4 Å². The second kappa shape index (κ2) is 10.6. The predicted octanol–water partition coefficient (Wildman–Crippen LogP) is 2.84. The Morgan fingerprint density at radius 1 is 1.26 bits per heavy atom. The number of amidine groups is 2. The molecule has 4 rings (SSSR count). The summed E-state index contributed by atoms with van der Waals surface area (Å²) in [5, 5.41) is 0. The van der Waals surface area contributed by atoms with Crippen molar-refractivity contribution in [1.29, 1.82) is 0 Å². The molecule has 0 aliphatic carbocycles. The summed E-state index contributed by atoms with van der Waals surface area (Å²) in [4.78, 5) is 40.1. The molecule has 1 aromatic carbocycles. The molecule has 35 heavy (non-hydrogen) atoms. The summed E-state index contributed by atoms with van der Waals surface area (Å²) >= 11 is 0. The molecular weight excluding hydrogens is 449 g/mol. The third-order valence-corrected chi connectivity index (χ3v) is 6.94. The second-order valence-corrected chi connectivity index (χ2v) is 8.97. The van der Waals surface area contributed by atoms with Crippen LogP contribution >= 0.6 is 0 Å². The summed E-state index contributed by atoms with van der Waals surface area (Å²) in [6.07, 6.45) is 3.03. The molecule has 8 nitrogen and oxygen atoms in total. The Kier molecular flexibility index (Phi) is 7.52. The first-order valence-corrected chi connectivity index (χ1v) is 12.2. The van der Waals surface area contributed by atoms with Gasteiger partial charge in [-0.1, -0.05) is 25.6 Å². The van der Waals surface area contributed by atoms with Crippen molar-refractivity contribution in [1.82, 2.24) is 9.80 Å². The quantitative estimate of drug-likeness (QED) is 0.605. The first kappa shape index (κ1) is 24.9. The number of rotatable bonds is 5. The second-order valence-electron chi connectivity index (χ2n) is 8.97. The van der Waals surface area contributed by atoms with Crippen molar-refractivity contribution in [3.8, 4) is 0 Å². The van der Waals surface area contributed by atoms with E-state index in [9.17, 15) is 14.0 Å². The van der Waals surface area contributed by atoms with Gasteiger partial charge >= 0.3 is 6.02 Å². The number of hydrogen-bond donors (Lipinski definition) is 0. The van der Waals surface area contributed by atoms with E-state index < -0.39 is 0 Å². The number of para-hydroxylation sites is 1. The van der Waals surface area contributed by atoms with Crippen LogP contribution in [0.15, 0.2) is 40.8 Å². The van der Waals surface area contributed by atoms with E-state index in [1.807, 2.05) is 13.0 Å². The Balaban J connectivity index is 1.56. The number of carbonyl (C=O) groups is 2. The highest BCUT2D eigenvalue weighted by Gasteiger charge is 2.40. The van der Waals surface area contributed by atoms with Gasteiger partial charge in [-0.2, -0.15) is 4.99 Å². The number of fused-ring (bicyclic) bond motifs is 1. The van der Waals surface area contributed by atoms with Crippen LogP contribution in [0.25, 0.3) is 0 Å². The van der Waals surface area contributed by atoms with Gasteiger partial charge in [-0.15, -0.1) is 0 Å². The van der Waals surface area contributed by atoms with Crippen LogP contribution in [0.1, 0.15) is 32.3 Å². The van der Waals surface area contributed by atoms with Crippen molar-refractivity contribution in [3.05, 3.63) is 48.2 Å². The van der Waals surface area contributed by atoms with Gasteiger partial charge < -0.3 is 19.4 Å². The highest BCUT2D eigenvalue weighted by molar-refractivity contribution is 6.05. The van der Waals surface area contributed by atoms with Gasteiger partial charge in [-0.25, -0.2) is 9.38 Å². The molecule has 0 N–H and O–H groups in total. The van der Waals surface area contributed by atoms with Gasteiger partial charge in [0, 0.05) is 39.1 Å². The highest BCUT2D eigenvalue weighted by Crippen LogP contribution is 2.36. The van der Waals surface area contributed by atoms with Crippen molar-refractivity contribution in [2.75, 3.05) is 44.7 Å². The van der Waals surface area contributed by atoms with Crippen LogP contribution in [-0.2, 0) is 20.7 Å². The Labute approximate surface area is 206 Å². The molecule has 1 fully saturated rings. The van der Waals surface area contributed by atoms with E-state index in [0.717, 1.165) is 23.7 Å². The Bertz CT molecular complexity index is 1050. The SMILES string of the molecule is C=CC(=O)N1CCN(C2=NC(OCC)=NC(C[C@@H]3Cc4cccc(F)c4N(C)C3=O)[C]2CC)CC1. The number of anilines is 1. The van der Waals surface area contributed by atoms with Crippen LogP contribution in [0.2, 0.25) is 0 Å². The monoisotopic (exact) mass is 482 g/mol. The lowest BCUT2D eigenvalue weighted by Crippen LogP contribution is -2.53. The van der Waals surface area contributed by atoms with Crippen LogP contribution in [-0.4, -0.2) is 79.3 Å². The van der Waals surface area contributed by atoms with Crippen LogP contribution in [0.3, 0.4) is 0 Å². The number of aliphatic imine (C=N–C) groups is 2. The zero-order chi connectivity index (χ0) is 25.1. The fourth-order valence-corrected chi connectivity index (χ4v) is 5.17. The third kappa shape index (κ3) is 4.94. The molecule has 187 valence electrons. The van der Waals surface area contributed by atoms with Crippen molar-refractivity contribution in [3.63, 3.8) is 0 Å². The van der Waals surface area contributed by atoms with Crippen molar-refractivity contribution in [2.45, 2.75) is 39.2 Å². The minimum Gasteiger partial charge on any atom is -0.464 e. The van der Waals surface area contributed by atoms with Gasteiger partial charge in [-0.05, 0) is 43.9 Å². The molecule has 3 aliphatic rings. The summed E-state index contributed by atoms with van der Waals surface area (Å²) in [5.41, 5.74) is 1.20. The zero-order valence-corrected chi connectivity index (χ0v) is 20.7. The van der Waals surface area contributed by atoms with Gasteiger partial charge in [0.25, 0.3) is 0 Å².